The Labute approximate surface area is 201 Å². The second-order valence-electron chi connectivity index (χ2n) is 7.41. The van der Waals surface area contributed by atoms with Gasteiger partial charge in [-0.1, -0.05) is 23.9 Å². The highest BCUT2D eigenvalue weighted by Gasteiger charge is 2.17. The number of H-pyrrole nitrogens is 1. The van der Waals surface area contributed by atoms with E-state index in [1.165, 1.54) is 11.8 Å². The standard InChI is InChI=1S/C25H24N4O4S/c1-15(34-25-28-19-13-12-18(32-2)14-21(19)29-25)23(30)26-17-10-8-16(9-11-17)24(31)27-20-6-4-5-7-22(20)33-3/h4-15H,1-3H3,(H,26,30)(H,27,31)(H,28,29). The van der Waals surface area contributed by atoms with Crippen molar-refractivity contribution >= 4 is 46.0 Å². The van der Waals surface area contributed by atoms with Crippen LogP contribution in [0.15, 0.2) is 71.9 Å². The van der Waals surface area contributed by atoms with Crippen LogP contribution in [0.2, 0.25) is 0 Å². The lowest BCUT2D eigenvalue weighted by Gasteiger charge is -2.12. The van der Waals surface area contributed by atoms with Crippen LogP contribution in [-0.2, 0) is 4.79 Å². The summed E-state index contributed by atoms with van der Waals surface area (Å²) in [5, 5.41) is 5.96. The predicted octanol–water partition coefficient (Wildman–Crippen LogP) is 4.95. The van der Waals surface area contributed by atoms with Gasteiger partial charge in [0.1, 0.15) is 11.5 Å². The van der Waals surface area contributed by atoms with Crippen LogP contribution in [-0.4, -0.2) is 41.3 Å². The van der Waals surface area contributed by atoms with Crippen LogP contribution in [0.5, 0.6) is 11.5 Å². The highest BCUT2D eigenvalue weighted by atomic mass is 32.2. The Balaban J connectivity index is 1.36. The molecule has 1 unspecified atom stereocenters. The Morgan fingerprint density at radius 3 is 2.47 bits per heavy atom. The number of rotatable bonds is 8. The number of benzene rings is 3. The molecule has 0 aliphatic carbocycles. The van der Waals surface area contributed by atoms with Crippen LogP contribution in [0.4, 0.5) is 11.4 Å². The van der Waals surface area contributed by atoms with Crippen LogP contribution in [0.25, 0.3) is 11.0 Å². The van der Waals surface area contributed by atoms with Gasteiger partial charge in [-0.05, 0) is 55.5 Å². The quantitative estimate of drug-likeness (QED) is 0.311. The van der Waals surface area contributed by atoms with Gasteiger partial charge in [-0.15, -0.1) is 0 Å². The van der Waals surface area contributed by atoms with Gasteiger partial charge in [0.05, 0.1) is 36.2 Å². The van der Waals surface area contributed by atoms with Crippen LogP contribution >= 0.6 is 11.8 Å². The zero-order valence-corrected chi connectivity index (χ0v) is 19.7. The van der Waals surface area contributed by atoms with E-state index in [0.29, 0.717) is 27.8 Å². The third kappa shape index (κ3) is 5.32. The van der Waals surface area contributed by atoms with Crippen LogP contribution in [0.1, 0.15) is 17.3 Å². The van der Waals surface area contributed by atoms with E-state index < -0.39 is 5.25 Å². The number of amides is 2. The third-order valence-corrected chi connectivity index (χ3v) is 6.08. The van der Waals surface area contributed by atoms with Crippen molar-refractivity contribution in [1.29, 1.82) is 0 Å². The summed E-state index contributed by atoms with van der Waals surface area (Å²) >= 11 is 1.33. The molecule has 0 bridgehead atoms. The number of methoxy groups -OCH3 is 2. The van der Waals surface area contributed by atoms with Gasteiger partial charge in [0.25, 0.3) is 5.91 Å². The molecule has 0 saturated heterocycles. The molecule has 174 valence electrons. The number of carbonyl (C=O) groups excluding carboxylic acids is 2. The fourth-order valence-electron chi connectivity index (χ4n) is 3.26. The summed E-state index contributed by atoms with van der Waals surface area (Å²) in [6, 6.07) is 19.5. The van der Waals surface area contributed by atoms with Crippen molar-refractivity contribution in [2.24, 2.45) is 0 Å². The van der Waals surface area contributed by atoms with E-state index in [1.807, 2.05) is 37.3 Å². The summed E-state index contributed by atoms with van der Waals surface area (Å²) in [5.41, 5.74) is 3.29. The number of nitrogens with one attached hydrogen (secondary N) is 3. The van der Waals surface area contributed by atoms with Gasteiger partial charge in [0.2, 0.25) is 5.91 Å². The third-order valence-electron chi connectivity index (χ3n) is 5.09. The van der Waals surface area contributed by atoms with Crippen molar-refractivity contribution in [2.45, 2.75) is 17.3 Å². The molecule has 2 amide bonds. The number of nitrogens with zero attached hydrogens (tertiary/aromatic N) is 1. The molecule has 0 fully saturated rings. The number of anilines is 2. The van der Waals surface area contributed by atoms with Gasteiger partial charge < -0.3 is 25.1 Å². The number of hydrogen-bond acceptors (Lipinski definition) is 6. The highest BCUT2D eigenvalue weighted by molar-refractivity contribution is 8.00. The molecule has 0 aliphatic rings. The Kier molecular flexibility index (Phi) is 7.03. The lowest BCUT2D eigenvalue weighted by atomic mass is 10.2. The predicted molar refractivity (Wildman–Crippen MR) is 134 cm³/mol. The SMILES string of the molecule is COc1ccc2nc(SC(C)C(=O)Nc3ccc(C(=O)Nc4ccccc4OC)cc3)[nH]c2c1. The maximum atomic E-state index is 12.7. The summed E-state index contributed by atoms with van der Waals surface area (Å²) in [6.07, 6.45) is 0. The second kappa shape index (κ2) is 10.3. The molecule has 9 heteroatoms. The Bertz CT molecular complexity index is 1320. The van der Waals surface area contributed by atoms with E-state index in [0.717, 1.165) is 16.8 Å². The highest BCUT2D eigenvalue weighted by Crippen LogP contribution is 2.27. The molecule has 0 aliphatic heterocycles. The minimum absolute atomic E-state index is 0.172. The minimum atomic E-state index is -0.393. The van der Waals surface area contributed by atoms with Crippen LogP contribution in [0.3, 0.4) is 0 Å². The molecule has 0 spiro atoms. The van der Waals surface area contributed by atoms with E-state index in [9.17, 15) is 9.59 Å². The Morgan fingerprint density at radius 1 is 0.971 bits per heavy atom. The Morgan fingerprint density at radius 2 is 1.74 bits per heavy atom. The average molecular weight is 477 g/mol. The molecule has 1 atom stereocenters. The summed E-state index contributed by atoms with van der Waals surface area (Å²) in [6.45, 7) is 1.81. The van der Waals surface area contributed by atoms with Crippen molar-refractivity contribution in [3.63, 3.8) is 0 Å². The average Bonchev–Trinajstić information content (AvgIpc) is 3.26. The summed E-state index contributed by atoms with van der Waals surface area (Å²) < 4.78 is 10.5. The summed E-state index contributed by atoms with van der Waals surface area (Å²) in [5.74, 6) is 0.871. The minimum Gasteiger partial charge on any atom is -0.497 e. The van der Waals surface area contributed by atoms with Crippen molar-refractivity contribution in [2.75, 3.05) is 24.9 Å². The van der Waals surface area contributed by atoms with E-state index in [1.54, 1.807) is 50.6 Å². The number of imidazole rings is 1. The van der Waals surface area contributed by atoms with E-state index in [2.05, 4.69) is 20.6 Å². The molecule has 0 saturated carbocycles. The maximum Gasteiger partial charge on any atom is 0.255 e. The van der Waals surface area contributed by atoms with Gasteiger partial charge >= 0.3 is 0 Å². The van der Waals surface area contributed by atoms with Gasteiger partial charge in [-0.2, -0.15) is 0 Å². The number of para-hydroxylation sites is 2. The molecule has 4 rings (SSSR count). The number of carbonyl (C=O) groups is 2. The first-order valence-electron chi connectivity index (χ1n) is 10.5. The van der Waals surface area contributed by atoms with Crippen molar-refractivity contribution in [3.05, 3.63) is 72.3 Å². The molecule has 8 nitrogen and oxygen atoms in total. The lowest BCUT2D eigenvalue weighted by molar-refractivity contribution is -0.115. The van der Waals surface area contributed by atoms with Crippen LogP contribution in [0, 0.1) is 0 Å². The lowest BCUT2D eigenvalue weighted by Crippen LogP contribution is -2.22. The zero-order chi connectivity index (χ0) is 24.1. The van der Waals surface area contributed by atoms with E-state index in [4.69, 9.17) is 9.47 Å². The number of hydrogen-bond donors (Lipinski definition) is 3. The van der Waals surface area contributed by atoms with Gasteiger partial charge in [-0.3, -0.25) is 9.59 Å². The second-order valence-corrected chi connectivity index (χ2v) is 8.74. The summed E-state index contributed by atoms with van der Waals surface area (Å²) in [7, 11) is 3.16. The summed E-state index contributed by atoms with van der Waals surface area (Å²) in [4.78, 5) is 33.0. The zero-order valence-electron chi connectivity index (χ0n) is 18.9. The van der Waals surface area contributed by atoms with Crippen molar-refractivity contribution < 1.29 is 19.1 Å². The number of aromatic amines is 1. The first-order chi connectivity index (χ1) is 16.5. The van der Waals surface area contributed by atoms with Crippen molar-refractivity contribution in [1.82, 2.24) is 9.97 Å². The topological polar surface area (TPSA) is 105 Å². The molecule has 3 N–H and O–H groups in total. The fourth-order valence-corrected chi connectivity index (χ4v) is 4.08. The van der Waals surface area contributed by atoms with E-state index >= 15 is 0 Å². The fraction of sp³-hybridized carbons (Fsp3) is 0.160. The largest absolute Gasteiger partial charge is 0.497 e. The molecule has 1 heterocycles. The molecular formula is C25H24N4O4S. The van der Waals surface area contributed by atoms with Crippen LogP contribution < -0.4 is 20.1 Å². The van der Waals surface area contributed by atoms with Gasteiger partial charge in [-0.25, -0.2) is 4.98 Å². The monoisotopic (exact) mass is 476 g/mol. The molecule has 3 aromatic carbocycles. The number of ether oxygens (including phenoxy) is 2. The Hall–Kier alpha value is -3.98. The normalized spacial score (nSPS) is 11.6. The number of aromatic nitrogens is 2. The van der Waals surface area contributed by atoms with E-state index in [-0.39, 0.29) is 11.8 Å². The molecule has 4 aromatic rings. The molecule has 34 heavy (non-hydrogen) atoms. The first-order valence-corrected chi connectivity index (χ1v) is 11.4. The smallest absolute Gasteiger partial charge is 0.255 e. The first kappa shape index (κ1) is 23.2. The van der Waals surface area contributed by atoms with Crippen molar-refractivity contribution in [3.8, 4) is 11.5 Å². The number of fused-ring (bicyclic) bond motifs is 1. The number of thioether (sulfide) groups is 1. The molecule has 0 radical (unpaired) electrons. The van der Waals surface area contributed by atoms with Gasteiger partial charge in [0.15, 0.2) is 5.16 Å². The maximum absolute atomic E-state index is 12.7. The molecular weight excluding hydrogens is 452 g/mol. The molecule has 1 aromatic heterocycles. The van der Waals surface area contributed by atoms with Gasteiger partial charge in [0, 0.05) is 17.3 Å².